The van der Waals surface area contributed by atoms with Crippen molar-refractivity contribution in [3.05, 3.63) is 42.0 Å². The summed E-state index contributed by atoms with van der Waals surface area (Å²) < 4.78 is 12.0. The van der Waals surface area contributed by atoms with Gasteiger partial charge < -0.3 is 24.7 Å². The quantitative estimate of drug-likeness (QED) is 0.765. The van der Waals surface area contributed by atoms with Gasteiger partial charge in [-0.1, -0.05) is 0 Å². The van der Waals surface area contributed by atoms with Gasteiger partial charge in [0.25, 0.3) is 0 Å². The molecule has 0 fully saturated rings. The number of fused-ring (bicyclic) bond motifs is 1. The number of hydrogen-bond donors (Lipinski definition) is 2. The summed E-state index contributed by atoms with van der Waals surface area (Å²) in [5.41, 5.74) is 3.01. The first kappa shape index (κ1) is 19.7. The number of carbonyl (C=O) groups excluding carboxylic acids is 2. The molecule has 0 saturated heterocycles. The first-order chi connectivity index (χ1) is 13.4. The maximum atomic E-state index is 12.1. The van der Waals surface area contributed by atoms with E-state index in [0.29, 0.717) is 6.61 Å². The summed E-state index contributed by atoms with van der Waals surface area (Å²) in [4.78, 5) is 28.1. The SMILES string of the molecule is CCOC(=O)c1cn(-c2ccc3c(c2)[C@H](NC(=O)OC(C)C)C[C@H](C)N3)cn1. The van der Waals surface area contributed by atoms with E-state index in [0.717, 1.165) is 23.4 Å². The van der Waals surface area contributed by atoms with Crippen LogP contribution in [0.15, 0.2) is 30.7 Å². The summed E-state index contributed by atoms with van der Waals surface area (Å²) in [5.74, 6) is -0.453. The smallest absolute Gasteiger partial charge is 0.407 e. The van der Waals surface area contributed by atoms with E-state index in [1.165, 1.54) is 0 Å². The predicted octanol–water partition coefficient (Wildman–Crippen LogP) is 3.43. The zero-order valence-electron chi connectivity index (χ0n) is 16.6. The molecule has 8 heteroatoms. The highest BCUT2D eigenvalue weighted by Gasteiger charge is 2.27. The molecule has 1 aromatic heterocycles. The molecule has 2 atom stereocenters. The van der Waals surface area contributed by atoms with Gasteiger partial charge in [0.05, 0.1) is 18.8 Å². The fourth-order valence-corrected chi connectivity index (χ4v) is 3.24. The molecule has 1 aromatic carbocycles. The number of benzene rings is 1. The largest absolute Gasteiger partial charge is 0.461 e. The predicted molar refractivity (Wildman–Crippen MR) is 105 cm³/mol. The maximum absolute atomic E-state index is 12.1. The Morgan fingerprint density at radius 2 is 2.18 bits per heavy atom. The fraction of sp³-hybridized carbons (Fsp3) is 0.450. The number of amides is 1. The van der Waals surface area contributed by atoms with Crippen LogP contribution in [0.1, 0.15) is 56.2 Å². The van der Waals surface area contributed by atoms with E-state index in [1.807, 2.05) is 32.0 Å². The van der Waals surface area contributed by atoms with E-state index < -0.39 is 12.1 Å². The van der Waals surface area contributed by atoms with Crippen molar-refractivity contribution in [1.82, 2.24) is 14.9 Å². The molecule has 0 saturated carbocycles. The van der Waals surface area contributed by atoms with Gasteiger partial charge in [-0.3, -0.25) is 0 Å². The first-order valence-corrected chi connectivity index (χ1v) is 9.46. The summed E-state index contributed by atoms with van der Waals surface area (Å²) >= 11 is 0. The molecule has 150 valence electrons. The van der Waals surface area contributed by atoms with E-state index in [9.17, 15) is 9.59 Å². The molecule has 1 aliphatic rings. The van der Waals surface area contributed by atoms with Crippen molar-refractivity contribution in [2.75, 3.05) is 11.9 Å². The van der Waals surface area contributed by atoms with Gasteiger partial charge >= 0.3 is 12.1 Å². The zero-order chi connectivity index (χ0) is 20.3. The second-order valence-corrected chi connectivity index (χ2v) is 7.09. The second kappa shape index (κ2) is 8.33. The van der Waals surface area contributed by atoms with Crippen molar-refractivity contribution in [2.45, 2.75) is 52.3 Å². The molecule has 0 radical (unpaired) electrons. The standard InChI is InChI=1S/C20H26N4O4/c1-5-27-19(25)18-10-24(11-21-18)14-6-7-16-15(9-14)17(8-13(4)22-16)23-20(26)28-12(2)3/h6-7,9-13,17,22H,5,8H2,1-4H3,(H,23,26)/t13-,17+/m0/s1. The number of hydrogen-bond acceptors (Lipinski definition) is 6. The average molecular weight is 386 g/mol. The lowest BCUT2D eigenvalue weighted by Crippen LogP contribution is -2.37. The molecule has 28 heavy (non-hydrogen) atoms. The minimum atomic E-state index is -0.453. The molecule has 0 bridgehead atoms. The minimum Gasteiger partial charge on any atom is -0.461 e. The number of esters is 1. The van der Waals surface area contributed by atoms with Gasteiger partial charge in [-0.2, -0.15) is 0 Å². The molecule has 2 aromatic rings. The molecule has 0 unspecified atom stereocenters. The van der Waals surface area contributed by atoms with Gasteiger partial charge in [0.1, 0.15) is 6.33 Å². The molecule has 0 aliphatic carbocycles. The van der Waals surface area contributed by atoms with Crippen LogP contribution in [0.5, 0.6) is 0 Å². The van der Waals surface area contributed by atoms with Crippen LogP contribution < -0.4 is 10.6 Å². The molecule has 8 nitrogen and oxygen atoms in total. The van der Waals surface area contributed by atoms with E-state index in [-0.39, 0.29) is 23.9 Å². The highest BCUT2D eigenvalue weighted by atomic mass is 16.6. The number of alkyl carbamates (subject to hydrolysis) is 1. The van der Waals surface area contributed by atoms with Gasteiger partial charge in [0.15, 0.2) is 5.69 Å². The van der Waals surface area contributed by atoms with Crippen LogP contribution in [-0.2, 0) is 9.47 Å². The number of anilines is 1. The lowest BCUT2D eigenvalue weighted by molar-refractivity contribution is 0.0520. The molecular formula is C20H26N4O4. The molecule has 0 spiro atoms. The number of nitrogens with one attached hydrogen (secondary N) is 2. The van der Waals surface area contributed by atoms with Gasteiger partial charge in [-0.05, 0) is 57.9 Å². The lowest BCUT2D eigenvalue weighted by Gasteiger charge is -2.32. The van der Waals surface area contributed by atoms with Crippen LogP contribution in [0.3, 0.4) is 0 Å². The zero-order valence-corrected chi connectivity index (χ0v) is 16.6. The number of carbonyl (C=O) groups is 2. The third kappa shape index (κ3) is 4.44. The Balaban J connectivity index is 1.86. The van der Waals surface area contributed by atoms with Gasteiger partial charge in [-0.25, -0.2) is 14.6 Å². The average Bonchev–Trinajstić information content (AvgIpc) is 3.11. The van der Waals surface area contributed by atoms with Crippen LogP contribution in [0.4, 0.5) is 10.5 Å². The molecule has 1 amide bonds. The molecular weight excluding hydrogens is 360 g/mol. The van der Waals surface area contributed by atoms with Crippen LogP contribution in [-0.4, -0.2) is 40.4 Å². The highest BCUT2D eigenvalue weighted by molar-refractivity contribution is 5.87. The topological polar surface area (TPSA) is 94.5 Å². The van der Waals surface area contributed by atoms with Gasteiger partial charge in [0, 0.05) is 23.6 Å². The number of imidazole rings is 1. The minimum absolute atomic E-state index is 0.175. The van der Waals surface area contributed by atoms with E-state index in [4.69, 9.17) is 9.47 Å². The summed E-state index contributed by atoms with van der Waals surface area (Å²) in [7, 11) is 0. The summed E-state index contributed by atoms with van der Waals surface area (Å²) in [6.45, 7) is 7.76. The summed E-state index contributed by atoms with van der Waals surface area (Å²) in [5, 5.41) is 6.39. The van der Waals surface area contributed by atoms with Crippen molar-refractivity contribution in [3.63, 3.8) is 0 Å². The van der Waals surface area contributed by atoms with Gasteiger partial charge in [-0.15, -0.1) is 0 Å². The second-order valence-electron chi connectivity index (χ2n) is 7.09. The van der Waals surface area contributed by atoms with E-state index >= 15 is 0 Å². The van der Waals surface area contributed by atoms with Crippen molar-refractivity contribution in [3.8, 4) is 5.69 Å². The molecule has 1 aliphatic heterocycles. The Hall–Kier alpha value is -3.03. The number of nitrogens with zero attached hydrogens (tertiary/aromatic N) is 2. The monoisotopic (exact) mass is 386 g/mol. The normalized spacial score (nSPS) is 18.2. The summed E-state index contributed by atoms with van der Waals surface area (Å²) in [6.07, 6.45) is 3.33. The van der Waals surface area contributed by atoms with Crippen molar-refractivity contribution < 1.29 is 19.1 Å². The van der Waals surface area contributed by atoms with E-state index in [2.05, 4.69) is 22.5 Å². The molecule has 3 rings (SSSR count). The lowest BCUT2D eigenvalue weighted by atomic mass is 9.93. The van der Waals surface area contributed by atoms with Crippen LogP contribution in [0.25, 0.3) is 5.69 Å². The Kier molecular flexibility index (Phi) is 5.87. The Morgan fingerprint density at radius 3 is 2.89 bits per heavy atom. The third-order valence-corrected chi connectivity index (χ3v) is 4.40. The van der Waals surface area contributed by atoms with Crippen LogP contribution in [0, 0.1) is 0 Å². The van der Waals surface area contributed by atoms with Crippen molar-refractivity contribution in [2.24, 2.45) is 0 Å². The van der Waals surface area contributed by atoms with Crippen molar-refractivity contribution in [1.29, 1.82) is 0 Å². The Morgan fingerprint density at radius 1 is 1.39 bits per heavy atom. The Bertz CT molecular complexity index is 862. The summed E-state index contributed by atoms with van der Waals surface area (Å²) in [6, 6.07) is 5.92. The fourth-order valence-electron chi connectivity index (χ4n) is 3.24. The molecule has 2 N–H and O–H groups in total. The van der Waals surface area contributed by atoms with E-state index in [1.54, 1.807) is 24.0 Å². The third-order valence-electron chi connectivity index (χ3n) is 4.40. The number of ether oxygens (including phenoxy) is 2. The van der Waals surface area contributed by atoms with Gasteiger partial charge in [0.2, 0.25) is 0 Å². The van der Waals surface area contributed by atoms with Crippen LogP contribution >= 0.6 is 0 Å². The van der Waals surface area contributed by atoms with Crippen molar-refractivity contribution >= 4 is 17.7 Å². The molecule has 2 heterocycles. The Labute approximate surface area is 164 Å². The van der Waals surface area contributed by atoms with Crippen LogP contribution in [0.2, 0.25) is 0 Å². The number of rotatable bonds is 5. The first-order valence-electron chi connectivity index (χ1n) is 9.46. The highest BCUT2D eigenvalue weighted by Crippen LogP contribution is 2.34. The maximum Gasteiger partial charge on any atom is 0.407 e. The number of aromatic nitrogens is 2.